The van der Waals surface area contributed by atoms with Gasteiger partial charge < -0.3 is 10.6 Å². The first kappa shape index (κ1) is 14.5. The molecule has 0 bridgehead atoms. The van der Waals surface area contributed by atoms with Crippen molar-refractivity contribution in [1.29, 1.82) is 0 Å². The van der Waals surface area contributed by atoms with Crippen molar-refractivity contribution in [2.24, 2.45) is 11.7 Å². The maximum absolute atomic E-state index is 5.88. The SMILES string of the molecule is CCC(C)CN(C)c1ccc(C(C)N)cc1Br. The fourth-order valence-electron chi connectivity index (χ4n) is 1.81. The van der Waals surface area contributed by atoms with Crippen molar-refractivity contribution >= 4 is 21.6 Å². The number of hydrogen-bond donors (Lipinski definition) is 1. The van der Waals surface area contributed by atoms with Crippen LogP contribution >= 0.6 is 15.9 Å². The third-order valence-corrected chi connectivity index (χ3v) is 3.83. The highest BCUT2D eigenvalue weighted by molar-refractivity contribution is 9.10. The molecule has 3 heteroatoms. The Morgan fingerprint density at radius 3 is 2.47 bits per heavy atom. The predicted molar refractivity (Wildman–Crippen MR) is 79.5 cm³/mol. The summed E-state index contributed by atoms with van der Waals surface area (Å²) in [7, 11) is 2.14. The van der Waals surface area contributed by atoms with E-state index in [2.05, 4.69) is 59.9 Å². The zero-order chi connectivity index (χ0) is 13.0. The first-order valence-electron chi connectivity index (χ1n) is 6.21. The summed E-state index contributed by atoms with van der Waals surface area (Å²) in [6.45, 7) is 7.59. The van der Waals surface area contributed by atoms with Crippen LogP contribution in [0.15, 0.2) is 22.7 Å². The molecule has 2 nitrogen and oxygen atoms in total. The molecule has 0 aliphatic carbocycles. The molecule has 0 aliphatic rings. The van der Waals surface area contributed by atoms with E-state index in [9.17, 15) is 0 Å². The molecule has 2 unspecified atom stereocenters. The van der Waals surface area contributed by atoms with Gasteiger partial charge in [-0.25, -0.2) is 0 Å². The number of benzene rings is 1. The van der Waals surface area contributed by atoms with Crippen LogP contribution in [0, 0.1) is 5.92 Å². The molecule has 0 fully saturated rings. The first-order valence-corrected chi connectivity index (χ1v) is 7.01. The average molecular weight is 299 g/mol. The minimum absolute atomic E-state index is 0.0835. The highest BCUT2D eigenvalue weighted by Gasteiger charge is 2.10. The summed E-state index contributed by atoms with van der Waals surface area (Å²) in [6, 6.07) is 6.45. The van der Waals surface area contributed by atoms with E-state index in [0.29, 0.717) is 5.92 Å². The Balaban J connectivity index is 2.84. The second kappa shape index (κ2) is 6.41. The van der Waals surface area contributed by atoms with Crippen LogP contribution in [0.2, 0.25) is 0 Å². The molecule has 0 heterocycles. The van der Waals surface area contributed by atoms with Crippen LogP contribution in [0.5, 0.6) is 0 Å². The molecule has 1 rings (SSSR count). The van der Waals surface area contributed by atoms with Gasteiger partial charge in [-0.3, -0.25) is 0 Å². The quantitative estimate of drug-likeness (QED) is 0.892. The second-order valence-corrected chi connectivity index (χ2v) is 5.75. The fourth-order valence-corrected chi connectivity index (χ4v) is 2.51. The lowest BCUT2D eigenvalue weighted by Crippen LogP contribution is -2.24. The smallest absolute Gasteiger partial charge is 0.0508 e. The summed E-state index contributed by atoms with van der Waals surface area (Å²) in [4.78, 5) is 2.29. The zero-order valence-electron chi connectivity index (χ0n) is 11.2. The molecule has 0 aliphatic heterocycles. The van der Waals surface area contributed by atoms with E-state index in [4.69, 9.17) is 5.73 Å². The van der Waals surface area contributed by atoms with Crippen LogP contribution in [0.25, 0.3) is 0 Å². The summed E-state index contributed by atoms with van der Waals surface area (Å²) in [5, 5.41) is 0. The van der Waals surface area contributed by atoms with Gasteiger partial charge in [-0.05, 0) is 46.5 Å². The number of halogens is 1. The largest absolute Gasteiger partial charge is 0.373 e. The molecule has 0 aromatic heterocycles. The Bertz CT molecular complexity index is 363. The lowest BCUT2D eigenvalue weighted by atomic mass is 10.1. The third-order valence-electron chi connectivity index (χ3n) is 3.19. The van der Waals surface area contributed by atoms with Crippen molar-refractivity contribution in [2.75, 3.05) is 18.5 Å². The van der Waals surface area contributed by atoms with E-state index < -0.39 is 0 Å². The van der Waals surface area contributed by atoms with Gasteiger partial charge in [0.15, 0.2) is 0 Å². The van der Waals surface area contributed by atoms with Gasteiger partial charge in [-0.15, -0.1) is 0 Å². The third kappa shape index (κ3) is 4.00. The van der Waals surface area contributed by atoms with Gasteiger partial charge in [-0.1, -0.05) is 26.3 Å². The first-order chi connectivity index (χ1) is 7.95. The zero-order valence-corrected chi connectivity index (χ0v) is 12.8. The van der Waals surface area contributed by atoms with Crippen LogP contribution in [-0.4, -0.2) is 13.6 Å². The number of rotatable bonds is 5. The molecular formula is C14H23BrN2. The number of nitrogens with two attached hydrogens (primary N) is 1. The van der Waals surface area contributed by atoms with Gasteiger partial charge in [0.25, 0.3) is 0 Å². The molecule has 0 saturated carbocycles. The monoisotopic (exact) mass is 298 g/mol. The predicted octanol–water partition coefficient (Wildman–Crippen LogP) is 3.95. The fraction of sp³-hybridized carbons (Fsp3) is 0.571. The minimum Gasteiger partial charge on any atom is -0.373 e. The van der Waals surface area contributed by atoms with E-state index >= 15 is 0 Å². The summed E-state index contributed by atoms with van der Waals surface area (Å²) >= 11 is 3.63. The molecule has 96 valence electrons. The number of anilines is 1. The van der Waals surface area contributed by atoms with Crippen LogP contribution in [0.1, 0.15) is 38.8 Å². The van der Waals surface area contributed by atoms with Gasteiger partial charge in [-0.2, -0.15) is 0 Å². The molecule has 2 atom stereocenters. The van der Waals surface area contributed by atoms with E-state index in [1.807, 2.05) is 6.92 Å². The van der Waals surface area contributed by atoms with Gasteiger partial charge >= 0.3 is 0 Å². The van der Waals surface area contributed by atoms with E-state index in [0.717, 1.165) is 16.6 Å². The summed E-state index contributed by atoms with van der Waals surface area (Å²) < 4.78 is 1.12. The van der Waals surface area contributed by atoms with Crippen molar-refractivity contribution in [3.63, 3.8) is 0 Å². The molecule has 0 saturated heterocycles. The van der Waals surface area contributed by atoms with Crippen molar-refractivity contribution in [3.8, 4) is 0 Å². The van der Waals surface area contributed by atoms with Crippen molar-refractivity contribution in [3.05, 3.63) is 28.2 Å². The standard InChI is InChI=1S/C14H23BrN2/c1-5-10(2)9-17(4)14-7-6-12(11(3)16)8-13(14)15/h6-8,10-11H,5,9,16H2,1-4H3. The summed E-state index contributed by atoms with van der Waals surface area (Å²) in [6.07, 6.45) is 1.21. The van der Waals surface area contributed by atoms with Crippen LogP contribution in [0.4, 0.5) is 5.69 Å². The highest BCUT2D eigenvalue weighted by Crippen LogP contribution is 2.28. The maximum Gasteiger partial charge on any atom is 0.0508 e. The normalized spacial score (nSPS) is 14.5. The van der Waals surface area contributed by atoms with Gasteiger partial charge in [0.05, 0.1) is 5.69 Å². The topological polar surface area (TPSA) is 29.3 Å². The van der Waals surface area contributed by atoms with Crippen molar-refractivity contribution in [1.82, 2.24) is 0 Å². The maximum atomic E-state index is 5.88. The van der Waals surface area contributed by atoms with Gasteiger partial charge in [0.1, 0.15) is 0 Å². The average Bonchev–Trinajstić information content (AvgIpc) is 2.28. The minimum atomic E-state index is 0.0835. The molecule has 0 radical (unpaired) electrons. The van der Waals surface area contributed by atoms with Crippen LogP contribution in [0.3, 0.4) is 0 Å². The second-order valence-electron chi connectivity index (χ2n) is 4.89. The molecule has 0 spiro atoms. The summed E-state index contributed by atoms with van der Waals surface area (Å²) in [5.74, 6) is 0.708. The lowest BCUT2D eigenvalue weighted by molar-refractivity contribution is 0.559. The van der Waals surface area contributed by atoms with E-state index in [1.165, 1.54) is 12.1 Å². The van der Waals surface area contributed by atoms with Crippen molar-refractivity contribution in [2.45, 2.75) is 33.2 Å². The Hall–Kier alpha value is -0.540. The van der Waals surface area contributed by atoms with Gasteiger partial charge in [0.2, 0.25) is 0 Å². The molecule has 17 heavy (non-hydrogen) atoms. The Labute approximate surface area is 113 Å². The number of nitrogens with zero attached hydrogens (tertiary/aromatic N) is 1. The Morgan fingerprint density at radius 2 is 2.00 bits per heavy atom. The van der Waals surface area contributed by atoms with Crippen molar-refractivity contribution < 1.29 is 0 Å². The molecule has 1 aromatic rings. The van der Waals surface area contributed by atoms with E-state index in [-0.39, 0.29) is 6.04 Å². The number of hydrogen-bond acceptors (Lipinski definition) is 2. The van der Waals surface area contributed by atoms with Crippen LogP contribution < -0.4 is 10.6 Å². The van der Waals surface area contributed by atoms with Crippen LogP contribution in [-0.2, 0) is 0 Å². The molecule has 2 N–H and O–H groups in total. The van der Waals surface area contributed by atoms with Gasteiger partial charge in [0, 0.05) is 24.1 Å². The van der Waals surface area contributed by atoms with E-state index in [1.54, 1.807) is 0 Å². The summed E-state index contributed by atoms with van der Waals surface area (Å²) in [5.41, 5.74) is 8.27. The molecular weight excluding hydrogens is 276 g/mol. The highest BCUT2D eigenvalue weighted by atomic mass is 79.9. The lowest BCUT2D eigenvalue weighted by Gasteiger charge is -2.24. The Morgan fingerprint density at radius 1 is 1.35 bits per heavy atom. The molecule has 1 aromatic carbocycles. The Kier molecular flexibility index (Phi) is 5.47. The molecule has 0 amide bonds.